The second-order valence-electron chi connectivity index (χ2n) is 3.85. The number of carbonyl (C=O) groups excluding carboxylic acids is 1. The van der Waals surface area contributed by atoms with Crippen LogP contribution in [0.15, 0.2) is 0 Å². The van der Waals surface area contributed by atoms with Gasteiger partial charge in [-0.3, -0.25) is 9.59 Å². The molecule has 0 bridgehead atoms. The highest BCUT2D eigenvalue weighted by Gasteiger charge is 2.17. The van der Waals surface area contributed by atoms with Gasteiger partial charge in [-0.1, -0.05) is 6.92 Å². The molecule has 1 amide bonds. The highest BCUT2D eigenvalue weighted by atomic mass is 32.1. The van der Waals surface area contributed by atoms with Crippen LogP contribution in [0.5, 0.6) is 0 Å². The van der Waals surface area contributed by atoms with Crippen molar-refractivity contribution in [3.63, 3.8) is 0 Å². The first kappa shape index (κ1) is 13.6. The van der Waals surface area contributed by atoms with E-state index in [4.69, 9.17) is 5.11 Å². The lowest BCUT2D eigenvalue weighted by atomic mass is 10.2. The molecule has 2 N–H and O–H groups in total. The molecule has 0 aromatic carbocycles. The largest absolute Gasteiger partial charge is 0.481 e. The maximum Gasteiger partial charge on any atom is 0.305 e. The number of carboxylic acid groups (broad SMARTS) is 1. The van der Waals surface area contributed by atoms with Crippen molar-refractivity contribution in [3.05, 3.63) is 15.6 Å². The van der Waals surface area contributed by atoms with Crippen LogP contribution in [0.2, 0.25) is 0 Å². The van der Waals surface area contributed by atoms with Gasteiger partial charge in [-0.15, -0.1) is 11.3 Å². The van der Waals surface area contributed by atoms with Crippen molar-refractivity contribution in [3.8, 4) is 0 Å². The summed E-state index contributed by atoms with van der Waals surface area (Å²) in [5, 5.41) is 12.2. The Labute approximate surface area is 104 Å². The molecule has 5 nitrogen and oxygen atoms in total. The van der Waals surface area contributed by atoms with Gasteiger partial charge in [-0.25, -0.2) is 4.98 Å². The third-order valence-corrected chi connectivity index (χ3v) is 3.51. The van der Waals surface area contributed by atoms with Gasteiger partial charge in [0, 0.05) is 6.04 Å². The van der Waals surface area contributed by atoms with E-state index in [-0.39, 0.29) is 18.4 Å². The van der Waals surface area contributed by atoms with Crippen LogP contribution in [-0.4, -0.2) is 28.0 Å². The maximum atomic E-state index is 11.9. The zero-order valence-corrected chi connectivity index (χ0v) is 10.9. The minimum Gasteiger partial charge on any atom is -0.481 e. The van der Waals surface area contributed by atoms with Crippen LogP contribution in [0.25, 0.3) is 0 Å². The van der Waals surface area contributed by atoms with E-state index in [1.807, 2.05) is 6.92 Å². The second-order valence-corrected chi connectivity index (χ2v) is 4.93. The number of hydrogen-bond donors (Lipinski definition) is 2. The van der Waals surface area contributed by atoms with Gasteiger partial charge in [-0.2, -0.15) is 0 Å². The molecular weight excluding hydrogens is 240 g/mol. The first-order chi connectivity index (χ1) is 7.93. The van der Waals surface area contributed by atoms with Gasteiger partial charge in [-0.05, 0) is 20.3 Å². The highest BCUT2D eigenvalue weighted by Crippen LogP contribution is 2.18. The Balaban J connectivity index is 2.69. The van der Waals surface area contributed by atoms with Crippen LogP contribution in [-0.2, 0) is 11.2 Å². The number of aromatic nitrogens is 1. The van der Waals surface area contributed by atoms with E-state index in [1.54, 1.807) is 13.8 Å². The molecule has 0 aliphatic carbocycles. The number of carbonyl (C=O) groups is 2. The summed E-state index contributed by atoms with van der Waals surface area (Å²) in [5.74, 6) is -1.17. The van der Waals surface area contributed by atoms with Crippen LogP contribution in [0, 0.1) is 6.92 Å². The number of aliphatic carboxylic acids is 1. The molecule has 1 atom stereocenters. The number of amides is 1. The van der Waals surface area contributed by atoms with Crippen LogP contribution in [0.1, 0.15) is 40.6 Å². The molecule has 0 saturated heterocycles. The fourth-order valence-electron chi connectivity index (χ4n) is 1.42. The SMILES string of the molecule is CCc1nc(C)c(C(=O)NC(C)CC(=O)O)s1. The molecule has 0 aliphatic rings. The first-order valence-corrected chi connectivity index (χ1v) is 6.24. The van der Waals surface area contributed by atoms with Crippen molar-refractivity contribution in [2.45, 2.75) is 39.7 Å². The van der Waals surface area contributed by atoms with Gasteiger partial charge in [0.15, 0.2) is 0 Å². The number of thiazole rings is 1. The van der Waals surface area contributed by atoms with Gasteiger partial charge in [0.25, 0.3) is 5.91 Å². The van der Waals surface area contributed by atoms with Crippen molar-refractivity contribution < 1.29 is 14.7 Å². The summed E-state index contributed by atoms with van der Waals surface area (Å²) in [6, 6.07) is -0.383. The standard InChI is InChI=1S/C11H16N2O3S/c1-4-8-13-7(3)10(17-8)11(16)12-6(2)5-9(14)15/h6H,4-5H2,1-3H3,(H,12,16)(H,14,15). The number of carboxylic acids is 1. The Morgan fingerprint density at radius 3 is 2.65 bits per heavy atom. The van der Waals surface area contributed by atoms with Crippen molar-refractivity contribution in [1.82, 2.24) is 10.3 Å². The molecule has 0 spiro atoms. The fraction of sp³-hybridized carbons (Fsp3) is 0.545. The molecular formula is C11H16N2O3S. The predicted molar refractivity (Wildman–Crippen MR) is 65.4 cm³/mol. The summed E-state index contributed by atoms with van der Waals surface area (Å²) >= 11 is 1.36. The average Bonchev–Trinajstić information content (AvgIpc) is 2.58. The topological polar surface area (TPSA) is 79.3 Å². The summed E-state index contributed by atoms with van der Waals surface area (Å²) in [4.78, 5) is 27.2. The maximum absolute atomic E-state index is 11.9. The Hall–Kier alpha value is -1.43. The molecule has 1 aromatic heterocycles. The smallest absolute Gasteiger partial charge is 0.305 e. The molecule has 17 heavy (non-hydrogen) atoms. The van der Waals surface area contributed by atoms with E-state index in [2.05, 4.69) is 10.3 Å². The third kappa shape index (κ3) is 3.81. The number of hydrogen-bond acceptors (Lipinski definition) is 4. The lowest BCUT2D eigenvalue weighted by Gasteiger charge is -2.10. The van der Waals surface area contributed by atoms with Gasteiger partial charge in [0.05, 0.1) is 17.1 Å². The van der Waals surface area contributed by atoms with Crippen molar-refractivity contribution in [2.75, 3.05) is 0 Å². The number of aryl methyl sites for hydroxylation is 2. The number of nitrogens with one attached hydrogen (secondary N) is 1. The van der Waals surface area contributed by atoms with Crippen molar-refractivity contribution in [2.24, 2.45) is 0 Å². The third-order valence-electron chi connectivity index (χ3n) is 2.21. The van der Waals surface area contributed by atoms with E-state index in [0.717, 1.165) is 11.4 Å². The lowest BCUT2D eigenvalue weighted by Crippen LogP contribution is -2.34. The average molecular weight is 256 g/mol. The van der Waals surface area contributed by atoms with Crippen LogP contribution < -0.4 is 5.32 Å². The molecule has 1 heterocycles. The van der Waals surface area contributed by atoms with Crippen molar-refractivity contribution in [1.29, 1.82) is 0 Å². The highest BCUT2D eigenvalue weighted by molar-refractivity contribution is 7.13. The zero-order chi connectivity index (χ0) is 13.0. The number of rotatable bonds is 5. The molecule has 94 valence electrons. The van der Waals surface area contributed by atoms with E-state index in [9.17, 15) is 9.59 Å². The monoisotopic (exact) mass is 256 g/mol. The van der Waals surface area contributed by atoms with Gasteiger partial charge in [0.2, 0.25) is 0 Å². The van der Waals surface area contributed by atoms with E-state index in [1.165, 1.54) is 11.3 Å². The predicted octanol–water partition coefficient (Wildman–Crippen LogP) is 1.61. The Morgan fingerprint density at radius 1 is 1.53 bits per heavy atom. The molecule has 6 heteroatoms. The fourth-order valence-corrected chi connectivity index (χ4v) is 2.32. The molecule has 1 aromatic rings. The molecule has 0 saturated carbocycles. The summed E-state index contributed by atoms with van der Waals surface area (Å²) in [5.41, 5.74) is 0.701. The van der Waals surface area contributed by atoms with Crippen LogP contribution in [0.4, 0.5) is 0 Å². The van der Waals surface area contributed by atoms with Gasteiger partial charge >= 0.3 is 5.97 Å². The normalized spacial score (nSPS) is 12.2. The zero-order valence-electron chi connectivity index (χ0n) is 10.1. The molecule has 1 unspecified atom stereocenters. The summed E-state index contributed by atoms with van der Waals surface area (Å²) in [7, 11) is 0. The van der Waals surface area contributed by atoms with Gasteiger partial charge < -0.3 is 10.4 Å². The van der Waals surface area contributed by atoms with Crippen LogP contribution in [0.3, 0.4) is 0 Å². The van der Waals surface area contributed by atoms with E-state index in [0.29, 0.717) is 10.6 Å². The molecule has 1 rings (SSSR count). The minimum absolute atomic E-state index is 0.0791. The Morgan fingerprint density at radius 2 is 2.18 bits per heavy atom. The van der Waals surface area contributed by atoms with E-state index < -0.39 is 5.97 Å². The Bertz CT molecular complexity index is 428. The van der Waals surface area contributed by atoms with Crippen molar-refractivity contribution >= 4 is 23.2 Å². The number of nitrogens with zero attached hydrogens (tertiary/aromatic N) is 1. The summed E-state index contributed by atoms with van der Waals surface area (Å²) in [6.45, 7) is 5.43. The first-order valence-electron chi connectivity index (χ1n) is 5.43. The Kier molecular flexibility index (Phi) is 4.62. The molecule has 0 aliphatic heterocycles. The summed E-state index contributed by atoms with van der Waals surface area (Å²) in [6.07, 6.45) is 0.716. The minimum atomic E-state index is -0.923. The van der Waals surface area contributed by atoms with E-state index >= 15 is 0 Å². The lowest BCUT2D eigenvalue weighted by molar-refractivity contribution is -0.137. The molecule has 0 radical (unpaired) electrons. The van der Waals surface area contributed by atoms with Crippen LogP contribution >= 0.6 is 11.3 Å². The molecule has 0 fully saturated rings. The second kappa shape index (κ2) is 5.77. The van der Waals surface area contributed by atoms with Gasteiger partial charge in [0.1, 0.15) is 4.88 Å². The quantitative estimate of drug-likeness (QED) is 0.838. The summed E-state index contributed by atoms with van der Waals surface area (Å²) < 4.78 is 0.